The first-order valence-corrected chi connectivity index (χ1v) is 14.7. The Hall–Kier alpha value is -4.15. The number of ether oxygens (including phenoxy) is 1. The van der Waals surface area contributed by atoms with Gasteiger partial charge < -0.3 is 29.9 Å². The van der Waals surface area contributed by atoms with Crippen LogP contribution in [-0.4, -0.2) is 90.7 Å². The first kappa shape index (κ1) is 28.0. The third kappa shape index (κ3) is 5.28. The van der Waals surface area contributed by atoms with Gasteiger partial charge in [-0.1, -0.05) is 12.1 Å². The van der Waals surface area contributed by atoms with Crippen LogP contribution in [0.25, 0.3) is 0 Å². The lowest BCUT2D eigenvalue weighted by Gasteiger charge is -2.36. The van der Waals surface area contributed by atoms with Gasteiger partial charge in [-0.15, -0.1) is 0 Å². The number of rotatable bonds is 6. The Balaban J connectivity index is 1.20. The van der Waals surface area contributed by atoms with E-state index in [0.29, 0.717) is 59.8 Å². The molecule has 2 saturated heterocycles. The number of carbonyl (C=O) groups is 2. The average Bonchev–Trinajstić information content (AvgIpc) is 3.44. The first-order valence-electron chi connectivity index (χ1n) is 14.7. The summed E-state index contributed by atoms with van der Waals surface area (Å²) in [6.07, 6.45) is 4.14. The molecule has 3 aliphatic heterocycles. The number of aromatic nitrogens is 1. The van der Waals surface area contributed by atoms with Crippen molar-refractivity contribution in [2.75, 3.05) is 62.0 Å². The molecule has 3 aliphatic rings. The summed E-state index contributed by atoms with van der Waals surface area (Å²) in [5.74, 6) is 1.08. The second-order valence-corrected chi connectivity index (χ2v) is 11.2. The zero-order valence-electron chi connectivity index (χ0n) is 24.4. The number of fused-ring (bicyclic) bond motifs is 2. The molecule has 3 aromatic rings. The SMILES string of the molecule is CCOc1cc(C(=O)N2CCC(N3CC[C@H](O)C3)CC2)ccc1Nc1cc2c(cn1)N(C)C(=O)c1ccccc1N2C. The topological polar surface area (TPSA) is 101 Å². The number of aliphatic hydroxyl groups excluding tert-OH is 1. The van der Waals surface area contributed by atoms with Crippen LogP contribution in [0.3, 0.4) is 0 Å². The van der Waals surface area contributed by atoms with Crippen LogP contribution in [0.15, 0.2) is 54.7 Å². The van der Waals surface area contributed by atoms with Crippen molar-refractivity contribution in [3.05, 3.63) is 65.9 Å². The molecule has 10 heteroatoms. The van der Waals surface area contributed by atoms with E-state index in [9.17, 15) is 14.7 Å². The molecule has 2 amide bonds. The Bertz CT molecular complexity index is 1490. The monoisotopic (exact) mass is 570 g/mol. The number of anilines is 5. The largest absolute Gasteiger partial charge is 0.492 e. The van der Waals surface area contributed by atoms with Gasteiger partial charge in [0.2, 0.25) is 0 Å². The third-order valence-electron chi connectivity index (χ3n) is 8.64. The predicted octanol–water partition coefficient (Wildman–Crippen LogP) is 4.25. The normalized spacial score (nSPS) is 19.4. The van der Waals surface area contributed by atoms with Crippen LogP contribution in [0.2, 0.25) is 0 Å². The lowest BCUT2D eigenvalue weighted by Crippen LogP contribution is -2.46. The quantitative estimate of drug-likeness (QED) is 0.454. The number of nitrogens with zero attached hydrogens (tertiary/aromatic N) is 5. The number of likely N-dealkylation sites (tertiary alicyclic amines) is 2. The highest BCUT2D eigenvalue weighted by molar-refractivity contribution is 6.13. The molecule has 1 atom stereocenters. The molecular formula is C32H38N6O4. The standard InChI is InChI=1S/C32H38N6O4/c1-4-42-29-17-21(31(40)37-14-11-22(12-15-37)38-16-13-23(39)20-38)9-10-25(29)34-30-18-27-28(19-33-30)36(3)32(41)24-7-5-6-8-26(24)35(27)2/h5-10,17-19,22-23,39H,4,11-16,20H2,1-3H3,(H,33,34)/t23-/m0/s1. The van der Waals surface area contributed by atoms with Gasteiger partial charge in [0.1, 0.15) is 11.6 Å². The van der Waals surface area contributed by atoms with Crippen molar-refractivity contribution in [3.8, 4) is 5.75 Å². The predicted molar refractivity (Wildman–Crippen MR) is 163 cm³/mol. The van der Waals surface area contributed by atoms with Gasteiger partial charge in [0.15, 0.2) is 0 Å². The molecule has 2 N–H and O–H groups in total. The van der Waals surface area contributed by atoms with Crippen molar-refractivity contribution < 1.29 is 19.4 Å². The minimum absolute atomic E-state index is 0.00133. The summed E-state index contributed by atoms with van der Waals surface area (Å²) in [5, 5.41) is 13.3. The van der Waals surface area contributed by atoms with E-state index in [0.717, 1.165) is 43.7 Å². The highest BCUT2D eigenvalue weighted by atomic mass is 16.5. The van der Waals surface area contributed by atoms with Gasteiger partial charge in [0, 0.05) is 57.9 Å². The Kier molecular flexibility index (Phi) is 7.74. The highest BCUT2D eigenvalue weighted by Crippen LogP contribution is 2.40. The zero-order valence-corrected chi connectivity index (χ0v) is 24.4. The van der Waals surface area contributed by atoms with E-state index in [4.69, 9.17) is 4.74 Å². The fraction of sp³-hybridized carbons (Fsp3) is 0.406. The second kappa shape index (κ2) is 11.6. The van der Waals surface area contributed by atoms with E-state index >= 15 is 0 Å². The van der Waals surface area contributed by atoms with Crippen LogP contribution >= 0.6 is 0 Å². The molecular weight excluding hydrogens is 532 g/mol. The van der Waals surface area contributed by atoms with Crippen molar-refractivity contribution >= 4 is 40.4 Å². The molecule has 1 aromatic heterocycles. The van der Waals surface area contributed by atoms with Crippen LogP contribution in [0.4, 0.5) is 28.6 Å². The van der Waals surface area contributed by atoms with Crippen LogP contribution < -0.4 is 19.9 Å². The number of β-amino-alcohol motifs (C(OH)–C–C–N with tert-alkyl or cyclic N) is 1. The highest BCUT2D eigenvalue weighted by Gasteiger charge is 2.32. The first-order chi connectivity index (χ1) is 20.3. The van der Waals surface area contributed by atoms with Crippen molar-refractivity contribution in [1.82, 2.24) is 14.8 Å². The fourth-order valence-electron chi connectivity index (χ4n) is 6.29. The fourth-order valence-corrected chi connectivity index (χ4v) is 6.29. The molecule has 0 aliphatic carbocycles. The van der Waals surface area contributed by atoms with Crippen molar-refractivity contribution in [2.45, 2.75) is 38.3 Å². The zero-order chi connectivity index (χ0) is 29.4. The maximum atomic E-state index is 13.4. The molecule has 10 nitrogen and oxygen atoms in total. The Morgan fingerprint density at radius 1 is 1.00 bits per heavy atom. The number of hydrogen-bond acceptors (Lipinski definition) is 8. The van der Waals surface area contributed by atoms with E-state index in [1.807, 2.05) is 66.2 Å². The Morgan fingerprint density at radius 2 is 1.79 bits per heavy atom. The van der Waals surface area contributed by atoms with E-state index in [2.05, 4.69) is 15.2 Å². The minimum Gasteiger partial charge on any atom is -0.492 e. The van der Waals surface area contributed by atoms with Crippen molar-refractivity contribution in [3.63, 3.8) is 0 Å². The van der Waals surface area contributed by atoms with Gasteiger partial charge in [-0.25, -0.2) is 4.98 Å². The third-order valence-corrected chi connectivity index (χ3v) is 8.64. The van der Waals surface area contributed by atoms with Crippen LogP contribution in [0, 0.1) is 0 Å². The van der Waals surface area contributed by atoms with Gasteiger partial charge in [-0.05, 0) is 56.5 Å². The second-order valence-electron chi connectivity index (χ2n) is 11.2. The lowest BCUT2D eigenvalue weighted by atomic mass is 10.0. The number of amides is 2. The van der Waals surface area contributed by atoms with Crippen molar-refractivity contribution in [1.29, 1.82) is 0 Å². The van der Waals surface area contributed by atoms with Crippen molar-refractivity contribution in [2.24, 2.45) is 0 Å². The summed E-state index contributed by atoms with van der Waals surface area (Å²) < 4.78 is 5.96. The van der Waals surface area contributed by atoms with Crippen LogP contribution in [-0.2, 0) is 0 Å². The molecule has 4 heterocycles. The summed E-state index contributed by atoms with van der Waals surface area (Å²) in [4.78, 5) is 39.1. The van der Waals surface area contributed by atoms with Gasteiger partial charge in [-0.3, -0.25) is 14.5 Å². The average molecular weight is 571 g/mol. The Labute approximate surface area is 246 Å². The van der Waals surface area contributed by atoms with Crippen LogP contribution in [0.1, 0.15) is 46.9 Å². The Morgan fingerprint density at radius 3 is 2.52 bits per heavy atom. The molecule has 0 saturated carbocycles. The lowest BCUT2D eigenvalue weighted by molar-refractivity contribution is 0.0627. The van der Waals surface area contributed by atoms with E-state index in [1.165, 1.54) is 0 Å². The smallest absolute Gasteiger partial charge is 0.260 e. The summed E-state index contributed by atoms with van der Waals surface area (Å²) in [5.41, 5.74) is 4.29. The van der Waals surface area contributed by atoms with E-state index in [-0.39, 0.29) is 17.9 Å². The van der Waals surface area contributed by atoms with E-state index < -0.39 is 0 Å². The molecule has 2 fully saturated rings. The van der Waals surface area contributed by atoms with Gasteiger partial charge in [-0.2, -0.15) is 0 Å². The van der Waals surface area contributed by atoms with Crippen LogP contribution in [0.5, 0.6) is 5.75 Å². The van der Waals surface area contributed by atoms with Gasteiger partial charge >= 0.3 is 0 Å². The number of hydrogen-bond donors (Lipinski definition) is 2. The molecule has 0 spiro atoms. The van der Waals surface area contributed by atoms with E-state index in [1.54, 1.807) is 24.2 Å². The molecule has 6 rings (SSSR count). The number of aliphatic hydroxyl groups is 1. The maximum absolute atomic E-state index is 13.4. The number of carbonyl (C=O) groups excluding carboxylic acids is 2. The summed E-state index contributed by atoms with van der Waals surface area (Å²) in [7, 11) is 3.70. The van der Waals surface area contributed by atoms with Gasteiger partial charge in [0.05, 0.1) is 47.2 Å². The summed E-state index contributed by atoms with van der Waals surface area (Å²) in [6.45, 7) is 5.44. The molecule has 220 valence electrons. The number of para-hydroxylation sites is 1. The van der Waals surface area contributed by atoms with Gasteiger partial charge in [0.25, 0.3) is 11.8 Å². The molecule has 2 aromatic carbocycles. The number of benzene rings is 2. The number of nitrogens with one attached hydrogen (secondary N) is 1. The molecule has 0 radical (unpaired) electrons. The minimum atomic E-state index is -0.224. The molecule has 0 bridgehead atoms. The number of pyridine rings is 1. The number of piperidine rings is 1. The summed E-state index contributed by atoms with van der Waals surface area (Å²) in [6, 6.07) is 15.4. The maximum Gasteiger partial charge on any atom is 0.260 e. The summed E-state index contributed by atoms with van der Waals surface area (Å²) >= 11 is 0. The molecule has 42 heavy (non-hydrogen) atoms. The molecule has 0 unspecified atom stereocenters.